The molecule has 17 heavy (non-hydrogen) atoms. The molecule has 0 spiro atoms. The van der Waals surface area contributed by atoms with Gasteiger partial charge in [0.15, 0.2) is 5.69 Å². The molecule has 0 saturated carbocycles. The number of anilines is 1. The fraction of sp³-hybridized carbons (Fsp3) is 0.300. The van der Waals surface area contributed by atoms with Gasteiger partial charge >= 0.3 is 5.97 Å². The first-order chi connectivity index (χ1) is 7.91. The van der Waals surface area contributed by atoms with Crippen LogP contribution in [0.25, 0.3) is 11.4 Å². The van der Waals surface area contributed by atoms with E-state index in [0.29, 0.717) is 11.4 Å². The highest BCUT2D eigenvalue weighted by atomic mass is 16.4. The smallest absolute Gasteiger partial charge is 0.356 e. The van der Waals surface area contributed by atoms with Crippen LogP contribution in [0.4, 0.5) is 5.69 Å². The predicted molar refractivity (Wildman–Crippen MR) is 61.5 cm³/mol. The summed E-state index contributed by atoms with van der Waals surface area (Å²) in [6, 6.07) is 1.81. The van der Waals surface area contributed by atoms with Crippen molar-refractivity contribution in [3.05, 3.63) is 17.5 Å². The van der Waals surface area contributed by atoms with Gasteiger partial charge < -0.3 is 10.8 Å². The Morgan fingerprint density at radius 1 is 1.35 bits per heavy atom. The van der Waals surface area contributed by atoms with Crippen LogP contribution < -0.4 is 5.73 Å². The van der Waals surface area contributed by atoms with Crippen LogP contribution in [0.2, 0.25) is 0 Å². The first kappa shape index (κ1) is 11.2. The van der Waals surface area contributed by atoms with Crippen molar-refractivity contribution < 1.29 is 9.90 Å². The number of carbonyl (C=O) groups is 1. The molecule has 0 aromatic carbocycles. The van der Waals surface area contributed by atoms with Crippen molar-refractivity contribution in [1.29, 1.82) is 0 Å². The first-order valence-corrected chi connectivity index (χ1v) is 4.98. The minimum absolute atomic E-state index is 0.0247. The zero-order chi connectivity index (χ0) is 12.7. The van der Waals surface area contributed by atoms with E-state index in [1.165, 1.54) is 4.68 Å². The maximum absolute atomic E-state index is 11.0. The van der Waals surface area contributed by atoms with Gasteiger partial charge in [-0.25, -0.2) is 4.79 Å². The van der Waals surface area contributed by atoms with Crippen molar-refractivity contribution in [2.75, 3.05) is 5.73 Å². The molecule has 0 fully saturated rings. The molecule has 0 amide bonds. The van der Waals surface area contributed by atoms with Crippen molar-refractivity contribution in [2.45, 2.75) is 6.92 Å². The normalized spacial score (nSPS) is 10.8. The van der Waals surface area contributed by atoms with Crippen molar-refractivity contribution in [2.24, 2.45) is 14.1 Å². The molecule has 3 N–H and O–H groups in total. The quantitative estimate of drug-likeness (QED) is 0.785. The topological polar surface area (TPSA) is 99.0 Å². The van der Waals surface area contributed by atoms with Gasteiger partial charge in [0.1, 0.15) is 11.4 Å². The number of aromatic nitrogens is 4. The summed E-state index contributed by atoms with van der Waals surface area (Å²) in [7, 11) is 3.34. The summed E-state index contributed by atoms with van der Waals surface area (Å²) in [6.07, 6.45) is 0. The average molecular weight is 235 g/mol. The number of nitrogen functional groups attached to an aromatic ring is 1. The average Bonchev–Trinajstić information content (AvgIpc) is 2.69. The Bertz CT molecular complexity index is 577. The molecule has 0 aliphatic heterocycles. The standard InChI is InChI=1S/C10H13N5O2/c1-5-4-6(12-14(5)2)8-7(11)9(10(16)17)15(3)13-8/h4H,11H2,1-3H3,(H,16,17). The zero-order valence-corrected chi connectivity index (χ0v) is 9.80. The van der Waals surface area contributed by atoms with E-state index in [-0.39, 0.29) is 11.4 Å². The van der Waals surface area contributed by atoms with Crippen LogP contribution in [0, 0.1) is 6.92 Å². The summed E-state index contributed by atoms with van der Waals surface area (Å²) in [6.45, 7) is 1.90. The Morgan fingerprint density at radius 3 is 2.41 bits per heavy atom. The fourth-order valence-electron chi connectivity index (χ4n) is 1.66. The van der Waals surface area contributed by atoms with Crippen LogP contribution >= 0.6 is 0 Å². The Kier molecular flexibility index (Phi) is 2.38. The highest BCUT2D eigenvalue weighted by molar-refractivity contribution is 5.95. The third kappa shape index (κ3) is 1.65. The Hall–Kier alpha value is -2.31. The lowest BCUT2D eigenvalue weighted by molar-refractivity contribution is 0.0686. The molecule has 2 heterocycles. The lowest BCUT2D eigenvalue weighted by Crippen LogP contribution is -2.07. The monoisotopic (exact) mass is 235 g/mol. The van der Waals surface area contributed by atoms with Crippen molar-refractivity contribution >= 4 is 11.7 Å². The highest BCUT2D eigenvalue weighted by Crippen LogP contribution is 2.26. The maximum Gasteiger partial charge on any atom is 0.356 e. The summed E-state index contributed by atoms with van der Waals surface area (Å²) in [5, 5.41) is 17.3. The molecule has 0 aliphatic rings. The molecular formula is C10H13N5O2. The summed E-state index contributed by atoms with van der Waals surface area (Å²) >= 11 is 0. The third-order valence-corrected chi connectivity index (χ3v) is 2.64. The summed E-state index contributed by atoms with van der Waals surface area (Å²) < 4.78 is 2.93. The number of aryl methyl sites for hydroxylation is 3. The predicted octanol–water partition coefficient (Wildman–Crippen LogP) is 0.409. The molecule has 0 saturated heterocycles. The van der Waals surface area contributed by atoms with Crippen LogP contribution in [-0.4, -0.2) is 30.6 Å². The first-order valence-electron chi connectivity index (χ1n) is 4.98. The Morgan fingerprint density at radius 2 is 2.00 bits per heavy atom. The molecule has 90 valence electrons. The van der Waals surface area contributed by atoms with Crippen LogP contribution in [-0.2, 0) is 14.1 Å². The van der Waals surface area contributed by atoms with Gasteiger partial charge in [0.25, 0.3) is 0 Å². The molecule has 0 unspecified atom stereocenters. The van der Waals surface area contributed by atoms with E-state index in [4.69, 9.17) is 10.8 Å². The van der Waals surface area contributed by atoms with Crippen LogP contribution in [0.1, 0.15) is 16.2 Å². The molecule has 0 atom stereocenters. The maximum atomic E-state index is 11.0. The minimum atomic E-state index is -1.10. The van der Waals surface area contributed by atoms with E-state index < -0.39 is 5.97 Å². The SMILES string of the molecule is Cc1cc(-c2nn(C)c(C(=O)O)c2N)nn1C. The number of carboxylic acid groups (broad SMARTS) is 1. The number of aromatic carboxylic acids is 1. The van der Waals surface area contributed by atoms with Crippen LogP contribution in [0.5, 0.6) is 0 Å². The molecular weight excluding hydrogens is 222 g/mol. The van der Waals surface area contributed by atoms with Crippen LogP contribution in [0.3, 0.4) is 0 Å². The summed E-state index contributed by atoms with van der Waals surface area (Å²) in [4.78, 5) is 11.0. The van der Waals surface area contributed by atoms with Gasteiger partial charge in [-0.1, -0.05) is 0 Å². The van der Waals surface area contributed by atoms with Crippen LogP contribution in [0.15, 0.2) is 6.07 Å². The zero-order valence-electron chi connectivity index (χ0n) is 9.80. The van der Waals surface area contributed by atoms with Crippen molar-refractivity contribution in [1.82, 2.24) is 19.6 Å². The molecule has 0 bridgehead atoms. The second kappa shape index (κ2) is 3.62. The van der Waals surface area contributed by atoms with E-state index in [9.17, 15) is 4.79 Å². The molecule has 0 radical (unpaired) electrons. The minimum Gasteiger partial charge on any atom is -0.476 e. The fourth-order valence-corrected chi connectivity index (χ4v) is 1.66. The van der Waals surface area contributed by atoms with E-state index >= 15 is 0 Å². The van der Waals surface area contributed by atoms with Crippen molar-refractivity contribution in [3.63, 3.8) is 0 Å². The largest absolute Gasteiger partial charge is 0.476 e. The van der Waals surface area contributed by atoms with Crippen molar-refractivity contribution in [3.8, 4) is 11.4 Å². The molecule has 7 heteroatoms. The van der Waals surface area contributed by atoms with Gasteiger partial charge in [-0.05, 0) is 13.0 Å². The summed E-state index contributed by atoms with van der Waals surface area (Å²) in [5.74, 6) is -1.10. The molecule has 2 aromatic heterocycles. The number of hydrogen-bond donors (Lipinski definition) is 2. The van der Waals surface area contributed by atoms with Gasteiger partial charge in [-0.2, -0.15) is 10.2 Å². The number of nitrogens with two attached hydrogens (primary N) is 1. The third-order valence-electron chi connectivity index (χ3n) is 2.64. The number of carboxylic acids is 1. The molecule has 7 nitrogen and oxygen atoms in total. The van der Waals surface area contributed by atoms with E-state index in [0.717, 1.165) is 5.69 Å². The van der Waals surface area contributed by atoms with Gasteiger partial charge in [-0.15, -0.1) is 0 Å². The van der Waals surface area contributed by atoms with Gasteiger partial charge in [-0.3, -0.25) is 9.36 Å². The van der Waals surface area contributed by atoms with Gasteiger partial charge in [0.05, 0.1) is 5.69 Å². The second-order valence-electron chi connectivity index (χ2n) is 3.83. The van der Waals surface area contributed by atoms with Gasteiger partial charge in [0.2, 0.25) is 0 Å². The molecule has 2 aromatic rings. The highest BCUT2D eigenvalue weighted by Gasteiger charge is 2.21. The van der Waals surface area contributed by atoms with E-state index in [1.54, 1.807) is 18.8 Å². The molecule has 0 aliphatic carbocycles. The number of rotatable bonds is 2. The number of nitrogens with zero attached hydrogens (tertiary/aromatic N) is 4. The second-order valence-corrected chi connectivity index (χ2v) is 3.83. The molecule has 2 rings (SSSR count). The Labute approximate surface area is 97.5 Å². The Balaban J connectivity index is 2.61. The van der Waals surface area contributed by atoms with E-state index in [1.807, 2.05) is 13.0 Å². The van der Waals surface area contributed by atoms with E-state index in [2.05, 4.69) is 10.2 Å². The summed E-state index contributed by atoms with van der Waals surface area (Å²) in [5.41, 5.74) is 7.81. The number of hydrogen-bond acceptors (Lipinski definition) is 4. The lowest BCUT2D eigenvalue weighted by Gasteiger charge is -1.94. The van der Waals surface area contributed by atoms with Gasteiger partial charge in [0, 0.05) is 19.8 Å². The lowest BCUT2D eigenvalue weighted by atomic mass is 10.2.